The molecule has 0 spiro atoms. The van der Waals surface area contributed by atoms with Gasteiger partial charge in [0.25, 0.3) is 0 Å². The van der Waals surface area contributed by atoms with Crippen LogP contribution in [-0.2, 0) is 5.88 Å². The SMILES string of the molecule is Cc1cccc(N(C)c2ccc(CCl)cn2)c1. The van der Waals surface area contributed by atoms with E-state index in [1.807, 2.05) is 31.4 Å². The van der Waals surface area contributed by atoms with E-state index >= 15 is 0 Å². The van der Waals surface area contributed by atoms with Crippen molar-refractivity contribution in [3.8, 4) is 0 Å². The Hall–Kier alpha value is -1.54. The number of aromatic nitrogens is 1. The predicted molar refractivity (Wildman–Crippen MR) is 73.0 cm³/mol. The molecule has 0 N–H and O–H groups in total. The van der Waals surface area contributed by atoms with Gasteiger partial charge in [0.05, 0.1) is 0 Å². The van der Waals surface area contributed by atoms with Crippen molar-refractivity contribution in [3.63, 3.8) is 0 Å². The summed E-state index contributed by atoms with van der Waals surface area (Å²) in [6, 6.07) is 12.3. The van der Waals surface area contributed by atoms with Crippen molar-refractivity contribution >= 4 is 23.1 Å². The third-order valence-corrected chi connectivity index (χ3v) is 3.00. The van der Waals surface area contributed by atoms with Crippen molar-refractivity contribution in [2.24, 2.45) is 0 Å². The molecule has 0 saturated heterocycles. The molecule has 0 saturated carbocycles. The lowest BCUT2D eigenvalue weighted by molar-refractivity contribution is 1.11. The Bertz CT molecular complexity index is 494. The number of alkyl halides is 1. The zero-order valence-electron chi connectivity index (χ0n) is 10.0. The molecule has 2 rings (SSSR count). The molecule has 1 aromatic heterocycles. The Kier molecular flexibility index (Phi) is 3.64. The Morgan fingerprint density at radius 1 is 1.24 bits per heavy atom. The Morgan fingerprint density at radius 2 is 2.06 bits per heavy atom. The van der Waals surface area contributed by atoms with Crippen LogP contribution < -0.4 is 4.90 Å². The fraction of sp³-hybridized carbons (Fsp3) is 0.214. The minimum Gasteiger partial charge on any atom is -0.329 e. The van der Waals surface area contributed by atoms with Crippen LogP contribution in [0.2, 0.25) is 0 Å². The number of hydrogen-bond acceptors (Lipinski definition) is 2. The van der Waals surface area contributed by atoms with Crippen LogP contribution in [0.4, 0.5) is 11.5 Å². The first kappa shape index (κ1) is 11.9. The lowest BCUT2D eigenvalue weighted by Gasteiger charge is -2.18. The monoisotopic (exact) mass is 246 g/mol. The second-order valence-corrected chi connectivity index (χ2v) is 4.32. The first-order valence-electron chi connectivity index (χ1n) is 5.52. The number of anilines is 2. The van der Waals surface area contributed by atoms with Gasteiger partial charge in [-0.3, -0.25) is 0 Å². The van der Waals surface area contributed by atoms with Crippen LogP contribution in [0.3, 0.4) is 0 Å². The minimum atomic E-state index is 0.501. The van der Waals surface area contributed by atoms with Gasteiger partial charge in [-0.05, 0) is 36.2 Å². The fourth-order valence-corrected chi connectivity index (χ4v) is 1.82. The summed E-state index contributed by atoms with van der Waals surface area (Å²) >= 11 is 5.74. The van der Waals surface area contributed by atoms with Crippen LogP contribution in [0.15, 0.2) is 42.6 Å². The van der Waals surface area contributed by atoms with Crippen molar-refractivity contribution in [2.45, 2.75) is 12.8 Å². The highest BCUT2D eigenvalue weighted by molar-refractivity contribution is 6.17. The number of benzene rings is 1. The topological polar surface area (TPSA) is 16.1 Å². The van der Waals surface area contributed by atoms with Crippen molar-refractivity contribution in [3.05, 3.63) is 53.7 Å². The normalized spacial score (nSPS) is 10.3. The Morgan fingerprint density at radius 3 is 2.65 bits per heavy atom. The van der Waals surface area contributed by atoms with Gasteiger partial charge in [0, 0.05) is 24.8 Å². The molecule has 0 amide bonds. The number of aryl methyl sites for hydroxylation is 1. The first-order chi connectivity index (χ1) is 8.20. The molecular weight excluding hydrogens is 232 g/mol. The van der Waals surface area contributed by atoms with Crippen LogP contribution in [0, 0.1) is 6.92 Å². The van der Waals surface area contributed by atoms with E-state index < -0.39 is 0 Å². The van der Waals surface area contributed by atoms with Crippen LogP contribution >= 0.6 is 11.6 Å². The Labute approximate surface area is 107 Å². The first-order valence-corrected chi connectivity index (χ1v) is 6.05. The van der Waals surface area contributed by atoms with Crippen LogP contribution in [0.1, 0.15) is 11.1 Å². The summed E-state index contributed by atoms with van der Waals surface area (Å²) in [6.07, 6.45) is 1.81. The fourth-order valence-electron chi connectivity index (χ4n) is 1.66. The molecular formula is C14H15ClN2. The Balaban J connectivity index is 2.27. The summed E-state index contributed by atoms with van der Waals surface area (Å²) in [4.78, 5) is 6.46. The van der Waals surface area contributed by atoms with Crippen molar-refractivity contribution in [2.75, 3.05) is 11.9 Å². The zero-order valence-corrected chi connectivity index (χ0v) is 10.8. The molecule has 2 nitrogen and oxygen atoms in total. The third kappa shape index (κ3) is 2.77. The number of rotatable bonds is 3. The van der Waals surface area contributed by atoms with Crippen molar-refractivity contribution in [1.29, 1.82) is 0 Å². The predicted octanol–water partition coefficient (Wildman–Crippen LogP) is 3.90. The number of hydrogen-bond donors (Lipinski definition) is 0. The number of halogens is 1. The van der Waals surface area contributed by atoms with Gasteiger partial charge in [-0.15, -0.1) is 11.6 Å². The minimum absolute atomic E-state index is 0.501. The maximum absolute atomic E-state index is 5.74. The van der Waals surface area contributed by atoms with Crippen LogP contribution in [0.5, 0.6) is 0 Å². The summed E-state index contributed by atoms with van der Waals surface area (Å²) in [6.45, 7) is 2.08. The zero-order chi connectivity index (χ0) is 12.3. The molecule has 0 unspecified atom stereocenters. The lowest BCUT2D eigenvalue weighted by Crippen LogP contribution is -2.11. The summed E-state index contributed by atoms with van der Waals surface area (Å²) in [5.41, 5.74) is 3.41. The van der Waals surface area contributed by atoms with E-state index in [1.54, 1.807) is 0 Å². The van der Waals surface area contributed by atoms with Gasteiger partial charge in [-0.1, -0.05) is 18.2 Å². The largest absolute Gasteiger partial charge is 0.329 e. The second kappa shape index (κ2) is 5.19. The van der Waals surface area contributed by atoms with Gasteiger partial charge in [0.15, 0.2) is 0 Å². The van der Waals surface area contributed by atoms with Gasteiger partial charge in [0.1, 0.15) is 5.82 Å². The molecule has 0 fully saturated rings. The molecule has 2 aromatic rings. The van der Waals surface area contributed by atoms with Gasteiger partial charge < -0.3 is 4.90 Å². The van der Waals surface area contributed by atoms with Gasteiger partial charge in [-0.2, -0.15) is 0 Å². The molecule has 1 aromatic carbocycles. The number of nitrogens with zero attached hydrogens (tertiary/aromatic N) is 2. The molecule has 0 bridgehead atoms. The van der Waals surface area contributed by atoms with E-state index in [2.05, 4.69) is 35.0 Å². The van der Waals surface area contributed by atoms with E-state index in [0.717, 1.165) is 17.1 Å². The quantitative estimate of drug-likeness (QED) is 0.764. The molecule has 0 atom stereocenters. The maximum atomic E-state index is 5.74. The standard InChI is InChI=1S/C14H15ClN2/c1-11-4-3-5-13(8-11)17(2)14-7-6-12(9-15)10-16-14/h3-8,10H,9H2,1-2H3. The lowest BCUT2D eigenvalue weighted by atomic mass is 10.2. The molecule has 0 aliphatic heterocycles. The molecule has 3 heteroatoms. The van der Waals surface area contributed by atoms with Gasteiger partial charge in [-0.25, -0.2) is 4.98 Å². The molecule has 0 radical (unpaired) electrons. The van der Waals surface area contributed by atoms with E-state index in [1.165, 1.54) is 5.56 Å². The summed E-state index contributed by atoms with van der Waals surface area (Å²) < 4.78 is 0. The molecule has 17 heavy (non-hydrogen) atoms. The molecule has 1 heterocycles. The van der Waals surface area contributed by atoms with Crippen molar-refractivity contribution in [1.82, 2.24) is 4.98 Å². The molecule has 0 aliphatic rings. The molecule has 0 aliphatic carbocycles. The summed E-state index contributed by atoms with van der Waals surface area (Å²) in [5.74, 6) is 1.42. The van der Waals surface area contributed by atoms with Crippen LogP contribution in [0.25, 0.3) is 0 Å². The van der Waals surface area contributed by atoms with E-state index in [-0.39, 0.29) is 0 Å². The highest BCUT2D eigenvalue weighted by Crippen LogP contribution is 2.22. The average Bonchev–Trinajstić information content (AvgIpc) is 2.38. The van der Waals surface area contributed by atoms with Gasteiger partial charge >= 0.3 is 0 Å². The number of pyridine rings is 1. The highest BCUT2D eigenvalue weighted by Gasteiger charge is 2.04. The second-order valence-electron chi connectivity index (χ2n) is 4.06. The van der Waals surface area contributed by atoms with E-state index in [9.17, 15) is 0 Å². The van der Waals surface area contributed by atoms with E-state index in [0.29, 0.717) is 5.88 Å². The third-order valence-electron chi connectivity index (χ3n) is 2.70. The van der Waals surface area contributed by atoms with Crippen LogP contribution in [-0.4, -0.2) is 12.0 Å². The highest BCUT2D eigenvalue weighted by atomic mass is 35.5. The van der Waals surface area contributed by atoms with Gasteiger partial charge in [0.2, 0.25) is 0 Å². The summed E-state index contributed by atoms with van der Waals surface area (Å²) in [5, 5.41) is 0. The van der Waals surface area contributed by atoms with Crippen molar-refractivity contribution < 1.29 is 0 Å². The average molecular weight is 247 g/mol. The maximum Gasteiger partial charge on any atom is 0.132 e. The smallest absolute Gasteiger partial charge is 0.132 e. The summed E-state index contributed by atoms with van der Waals surface area (Å²) in [7, 11) is 2.01. The molecule has 88 valence electrons. The van der Waals surface area contributed by atoms with E-state index in [4.69, 9.17) is 11.6 Å².